The maximum Gasteiger partial charge on any atom is 0.211 e. The van der Waals surface area contributed by atoms with Crippen molar-refractivity contribution in [3.05, 3.63) is 29.8 Å². The third-order valence-electron chi connectivity index (χ3n) is 2.77. The van der Waals surface area contributed by atoms with Crippen molar-refractivity contribution >= 4 is 15.7 Å². The smallest absolute Gasteiger partial charge is 0.211 e. The molecule has 0 aliphatic rings. The van der Waals surface area contributed by atoms with Crippen LogP contribution in [0.4, 0.5) is 5.69 Å². The van der Waals surface area contributed by atoms with Crippen molar-refractivity contribution in [3.8, 4) is 6.07 Å². The summed E-state index contributed by atoms with van der Waals surface area (Å²) in [5.74, 6) is 0. The van der Waals surface area contributed by atoms with Crippen molar-refractivity contribution in [3.63, 3.8) is 0 Å². The van der Waals surface area contributed by atoms with Gasteiger partial charge in [-0.05, 0) is 18.6 Å². The van der Waals surface area contributed by atoms with Gasteiger partial charge in [-0.3, -0.25) is 0 Å². The lowest BCUT2D eigenvalue weighted by Gasteiger charge is -2.17. The van der Waals surface area contributed by atoms with Gasteiger partial charge in [0.1, 0.15) is 6.07 Å². The fourth-order valence-corrected chi connectivity index (χ4v) is 2.70. The average Bonchev–Trinajstić information content (AvgIpc) is 2.37. The van der Waals surface area contributed by atoms with Gasteiger partial charge in [0, 0.05) is 19.6 Å². The van der Waals surface area contributed by atoms with Crippen LogP contribution in [0.2, 0.25) is 0 Å². The fraction of sp³-hybridized carbons (Fsp3) is 0.462. The molecule has 0 aliphatic carbocycles. The summed E-state index contributed by atoms with van der Waals surface area (Å²) in [5, 5.41) is 12.1. The largest absolute Gasteiger partial charge is 0.384 e. The van der Waals surface area contributed by atoms with Gasteiger partial charge in [0.25, 0.3) is 0 Å². The van der Waals surface area contributed by atoms with E-state index in [-0.39, 0.29) is 0 Å². The summed E-state index contributed by atoms with van der Waals surface area (Å²) in [7, 11) is -3.12. The Bertz CT molecular complexity index is 549. The Morgan fingerprint density at radius 3 is 2.63 bits per heavy atom. The van der Waals surface area contributed by atoms with Crippen LogP contribution < -0.4 is 5.32 Å². The van der Waals surface area contributed by atoms with Crippen molar-refractivity contribution in [1.29, 1.82) is 5.26 Å². The number of anilines is 1. The number of para-hydroxylation sites is 1. The highest BCUT2D eigenvalue weighted by atomic mass is 32.2. The second-order valence-corrected chi connectivity index (χ2v) is 6.17. The first-order valence-electron chi connectivity index (χ1n) is 6.17. The minimum atomic E-state index is -3.12. The van der Waals surface area contributed by atoms with Crippen LogP contribution in [0.15, 0.2) is 24.3 Å². The Labute approximate surface area is 114 Å². The molecule has 0 spiro atoms. The third-order valence-corrected chi connectivity index (χ3v) is 4.15. The van der Waals surface area contributed by atoms with E-state index in [0.717, 1.165) is 5.69 Å². The zero-order valence-corrected chi connectivity index (χ0v) is 12.1. The second kappa shape index (κ2) is 7.12. The predicted molar refractivity (Wildman–Crippen MR) is 76.4 cm³/mol. The molecule has 0 saturated heterocycles. The number of nitriles is 1. The Kier molecular flexibility index (Phi) is 5.80. The van der Waals surface area contributed by atoms with E-state index in [2.05, 4.69) is 11.4 Å². The van der Waals surface area contributed by atoms with Crippen molar-refractivity contribution < 1.29 is 8.42 Å². The van der Waals surface area contributed by atoms with Gasteiger partial charge in [0.2, 0.25) is 10.0 Å². The minimum Gasteiger partial charge on any atom is -0.384 e. The molecule has 1 N–H and O–H groups in total. The third kappa shape index (κ3) is 4.89. The van der Waals surface area contributed by atoms with Crippen LogP contribution >= 0.6 is 0 Å². The lowest BCUT2D eigenvalue weighted by Crippen LogP contribution is -2.31. The molecular formula is C13H19N3O2S. The Morgan fingerprint density at radius 1 is 1.37 bits per heavy atom. The summed E-state index contributed by atoms with van der Waals surface area (Å²) in [6, 6.07) is 9.37. The van der Waals surface area contributed by atoms with E-state index in [1.165, 1.54) is 10.6 Å². The van der Waals surface area contributed by atoms with E-state index in [1.54, 1.807) is 6.07 Å². The molecule has 1 aromatic carbocycles. The highest BCUT2D eigenvalue weighted by molar-refractivity contribution is 7.88. The zero-order chi connectivity index (χ0) is 14.3. The van der Waals surface area contributed by atoms with Crippen LogP contribution in [0, 0.1) is 11.3 Å². The highest BCUT2D eigenvalue weighted by Gasteiger charge is 2.13. The molecule has 0 atom stereocenters. The number of benzene rings is 1. The van der Waals surface area contributed by atoms with Crippen molar-refractivity contribution in [2.45, 2.75) is 13.3 Å². The maximum atomic E-state index is 11.4. The molecule has 0 amide bonds. The van der Waals surface area contributed by atoms with Crippen LogP contribution in [-0.2, 0) is 10.0 Å². The molecule has 19 heavy (non-hydrogen) atoms. The van der Waals surface area contributed by atoms with Crippen molar-refractivity contribution in [2.24, 2.45) is 0 Å². The van der Waals surface area contributed by atoms with Gasteiger partial charge in [-0.15, -0.1) is 0 Å². The van der Waals surface area contributed by atoms with Crippen LogP contribution in [0.5, 0.6) is 0 Å². The van der Waals surface area contributed by atoms with Crippen molar-refractivity contribution in [1.82, 2.24) is 4.31 Å². The van der Waals surface area contributed by atoms with E-state index in [0.29, 0.717) is 31.6 Å². The van der Waals surface area contributed by atoms with Gasteiger partial charge in [-0.25, -0.2) is 12.7 Å². The number of sulfonamides is 1. The standard InChI is InChI=1S/C13H19N3O2S/c1-3-16(19(2,17)18)10-6-9-15-13-8-5-4-7-12(13)11-14/h4-5,7-8,15H,3,6,9-10H2,1-2H3. The normalized spacial score (nSPS) is 11.3. The molecule has 0 aromatic heterocycles. The van der Waals surface area contributed by atoms with E-state index in [4.69, 9.17) is 5.26 Å². The highest BCUT2D eigenvalue weighted by Crippen LogP contribution is 2.13. The maximum absolute atomic E-state index is 11.4. The first-order chi connectivity index (χ1) is 8.99. The first kappa shape index (κ1) is 15.5. The Hall–Kier alpha value is -1.58. The summed E-state index contributed by atoms with van der Waals surface area (Å²) in [5.41, 5.74) is 1.38. The van der Waals surface area contributed by atoms with Crippen LogP contribution in [0.1, 0.15) is 18.9 Å². The van der Waals surface area contributed by atoms with Gasteiger partial charge in [-0.2, -0.15) is 5.26 Å². The number of nitrogens with zero attached hydrogens (tertiary/aromatic N) is 2. The van der Waals surface area contributed by atoms with E-state index < -0.39 is 10.0 Å². The van der Waals surface area contributed by atoms with Crippen LogP contribution in [0.3, 0.4) is 0 Å². The van der Waals surface area contributed by atoms with Crippen molar-refractivity contribution in [2.75, 3.05) is 31.2 Å². The molecule has 5 nitrogen and oxygen atoms in total. The van der Waals surface area contributed by atoms with Crippen LogP contribution in [0.25, 0.3) is 0 Å². The quantitative estimate of drug-likeness (QED) is 0.771. The predicted octanol–water partition coefficient (Wildman–Crippen LogP) is 1.64. The molecular weight excluding hydrogens is 262 g/mol. The Morgan fingerprint density at radius 2 is 2.05 bits per heavy atom. The summed E-state index contributed by atoms with van der Waals surface area (Å²) in [6.07, 6.45) is 1.91. The van der Waals surface area contributed by atoms with Crippen LogP contribution in [-0.4, -0.2) is 38.6 Å². The number of nitrogens with one attached hydrogen (secondary N) is 1. The summed E-state index contributed by atoms with van der Waals surface area (Å²) < 4.78 is 24.2. The number of hydrogen-bond acceptors (Lipinski definition) is 4. The van der Waals surface area contributed by atoms with Gasteiger partial charge in [-0.1, -0.05) is 19.1 Å². The van der Waals surface area contributed by atoms with E-state index in [9.17, 15) is 8.42 Å². The molecule has 0 saturated carbocycles. The van der Waals surface area contributed by atoms with Gasteiger partial charge in [0.15, 0.2) is 0 Å². The minimum absolute atomic E-state index is 0.480. The molecule has 0 radical (unpaired) electrons. The fourth-order valence-electron chi connectivity index (χ4n) is 1.77. The first-order valence-corrected chi connectivity index (χ1v) is 8.02. The lowest BCUT2D eigenvalue weighted by molar-refractivity contribution is 0.429. The lowest BCUT2D eigenvalue weighted by atomic mass is 10.2. The topological polar surface area (TPSA) is 73.2 Å². The van der Waals surface area contributed by atoms with E-state index >= 15 is 0 Å². The monoisotopic (exact) mass is 281 g/mol. The molecule has 1 aromatic rings. The SMILES string of the molecule is CCN(CCCNc1ccccc1C#N)S(C)(=O)=O. The van der Waals surface area contributed by atoms with E-state index in [1.807, 2.05) is 25.1 Å². The molecule has 0 heterocycles. The van der Waals surface area contributed by atoms with Gasteiger partial charge < -0.3 is 5.32 Å². The second-order valence-electron chi connectivity index (χ2n) is 4.19. The number of rotatable bonds is 7. The number of hydrogen-bond donors (Lipinski definition) is 1. The summed E-state index contributed by atoms with van der Waals surface area (Å²) in [6.45, 7) is 3.41. The molecule has 0 aliphatic heterocycles. The van der Waals surface area contributed by atoms with Gasteiger partial charge >= 0.3 is 0 Å². The van der Waals surface area contributed by atoms with Gasteiger partial charge in [0.05, 0.1) is 17.5 Å². The average molecular weight is 281 g/mol. The summed E-state index contributed by atoms with van der Waals surface area (Å²) >= 11 is 0. The zero-order valence-electron chi connectivity index (χ0n) is 11.3. The molecule has 1 rings (SSSR count). The molecule has 6 heteroatoms. The molecule has 0 unspecified atom stereocenters. The Balaban J connectivity index is 2.45. The molecule has 0 fully saturated rings. The molecule has 0 bridgehead atoms. The summed E-state index contributed by atoms with van der Waals surface area (Å²) in [4.78, 5) is 0. The molecule has 104 valence electrons.